The van der Waals surface area contributed by atoms with Crippen LogP contribution in [0.15, 0.2) is 53.4 Å². The summed E-state index contributed by atoms with van der Waals surface area (Å²) in [4.78, 5) is 37.1. The number of nitrogens with zero attached hydrogens (tertiary/aromatic N) is 1. The van der Waals surface area contributed by atoms with Gasteiger partial charge in [0.1, 0.15) is 24.7 Å². The highest BCUT2D eigenvalue weighted by Gasteiger charge is 2.36. The lowest BCUT2D eigenvalue weighted by molar-refractivity contribution is -0.145. The van der Waals surface area contributed by atoms with E-state index in [1.165, 1.54) is 12.1 Å². The molecular formula is C21H18FNO5S. The fourth-order valence-electron chi connectivity index (χ4n) is 2.56. The van der Waals surface area contributed by atoms with Crippen LogP contribution in [0.3, 0.4) is 0 Å². The van der Waals surface area contributed by atoms with Crippen molar-refractivity contribution < 1.29 is 28.2 Å². The molecule has 0 unspecified atom stereocenters. The van der Waals surface area contributed by atoms with Gasteiger partial charge in [-0.25, -0.2) is 4.39 Å². The second-order valence-corrected chi connectivity index (χ2v) is 7.05. The normalized spacial score (nSPS) is 15.1. The Hall–Kier alpha value is -3.13. The predicted molar refractivity (Wildman–Crippen MR) is 106 cm³/mol. The molecule has 0 aliphatic carbocycles. The molecule has 1 aliphatic rings. The molecule has 2 amide bonds. The first-order valence-corrected chi connectivity index (χ1v) is 9.66. The first kappa shape index (κ1) is 20.6. The van der Waals surface area contributed by atoms with E-state index in [2.05, 4.69) is 0 Å². The zero-order valence-corrected chi connectivity index (χ0v) is 16.4. The number of thioether (sulfide) groups is 1. The van der Waals surface area contributed by atoms with Crippen LogP contribution in [0.1, 0.15) is 18.1 Å². The van der Waals surface area contributed by atoms with E-state index in [9.17, 15) is 18.8 Å². The Bertz CT molecular complexity index is 958. The van der Waals surface area contributed by atoms with Crippen molar-refractivity contribution in [3.8, 4) is 5.75 Å². The first-order valence-electron chi connectivity index (χ1n) is 8.84. The number of rotatable bonds is 7. The number of hydrogen-bond donors (Lipinski definition) is 0. The van der Waals surface area contributed by atoms with Gasteiger partial charge in [-0.3, -0.25) is 19.3 Å². The van der Waals surface area contributed by atoms with Crippen LogP contribution < -0.4 is 4.74 Å². The third kappa shape index (κ3) is 5.45. The molecule has 0 saturated carbocycles. The molecule has 3 rings (SSSR count). The number of imide groups is 1. The molecule has 1 aliphatic heterocycles. The monoisotopic (exact) mass is 415 g/mol. The number of carbonyl (C=O) groups is 3. The highest BCUT2D eigenvalue weighted by molar-refractivity contribution is 8.18. The predicted octanol–water partition coefficient (Wildman–Crippen LogP) is 4.00. The van der Waals surface area contributed by atoms with Crippen LogP contribution in [0.25, 0.3) is 6.08 Å². The Morgan fingerprint density at radius 2 is 1.93 bits per heavy atom. The van der Waals surface area contributed by atoms with E-state index >= 15 is 0 Å². The Labute approximate surface area is 171 Å². The molecule has 6 nitrogen and oxygen atoms in total. The summed E-state index contributed by atoms with van der Waals surface area (Å²) in [5.74, 6) is -0.917. The van der Waals surface area contributed by atoms with E-state index < -0.39 is 23.7 Å². The van der Waals surface area contributed by atoms with Crippen molar-refractivity contribution in [2.24, 2.45) is 0 Å². The summed E-state index contributed by atoms with van der Waals surface area (Å²) in [6.07, 6.45) is 1.57. The molecule has 1 fully saturated rings. The van der Waals surface area contributed by atoms with Gasteiger partial charge >= 0.3 is 5.97 Å². The lowest BCUT2D eigenvalue weighted by Gasteiger charge is -2.10. The summed E-state index contributed by atoms with van der Waals surface area (Å²) in [5.41, 5.74) is 1.49. The van der Waals surface area contributed by atoms with E-state index in [-0.39, 0.29) is 23.9 Å². The molecule has 0 bridgehead atoms. The lowest BCUT2D eigenvalue weighted by Crippen LogP contribution is -2.34. The molecule has 0 spiro atoms. The van der Waals surface area contributed by atoms with E-state index in [0.29, 0.717) is 11.3 Å². The van der Waals surface area contributed by atoms with Crippen molar-refractivity contribution in [3.05, 3.63) is 70.4 Å². The van der Waals surface area contributed by atoms with Crippen molar-refractivity contribution in [2.75, 3.05) is 13.2 Å². The minimum atomic E-state index is -0.632. The topological polar surface area (TPSA) is 72.9 Å². The van der Waals surface area contributed by atoms with Crippen molar-refractivity contribution in [1.29, 1.82) is 0 Å². The zero-order valence-electron chi connectivity index (χ0n) is 15.6. The quantitative estimate of drug-likeness (QED) is 0.503. The molecule has 1 saturated heterocycles. The summed E-state index contributed by atoms with van der Waals surface area (Å²) in [6.45, 7) is 1.68. The Balaban J connectivity index is 1.67. The van der Waals surface area contributed by atoms with E-state index in [0.717, 1.165) is 22.2 Å². The van der Waals surface area contributed by atoms with Gasteiger partial charge in [0.2, 0.25) is 0 Å². The van der Waals surface area contributed by atoms with Crippen LogP contribution in [0, 0.1) is 5.82 Å². The van der Waals surface area contributed by atoms with Crippen molar-refractivity contribution >= 4 is 35.0 Å². The third-order valence-corrected chi connectivity index (χ3v) is 4.85. The molecule has 2 aromatic rings. The maximum atomic E-state index is 13.0. The highest BCUT2D eigenvalue weighted by atomic mass is 32.2. The number of carbonyl (C=O) groups excluding carboxylic acids is 3. The first-order chi connectivity index (χ1) is 14.0. The molecule has 0 atom stereocenters. The second-order valence-electron chi connectivity index (χ2n) is 6.06. The minimum absolute atomic E-state index is 0.176. The van der Waals surface area contributed by atoms with Crippen LogP contribution in [-0.2, 0) is 20.9 Å². The summed E-state index contributed by atoms with van der Waals surface area (Å²) in [6, 6.07) is 13.0. The third-order valence-electron chi connectivity index (χ3n) is 3.94. The molecular weight excluding hydrogens is 397 g/mol. The van der Waals surface area contributed by atoms with Gasteiger partial charge in [0.05, 0.1) is 11.5 Å². The average Bonchev–Trinajstić information content (AvgIpc) is 2.95. The maximum Gasteiger partial charge on any atom is 0.326 e. The van der Waals surface area contributed by atoms with E-state index in [4.69, 9.17) is 9.47 Å². The number of amides is 2. The summed E-state index contributed by atoms with van der Waals surface area (Å²) < 4.78 is 23.5. The van der Waals surface area contributed by atoms with Gasteiger partial charge in [0.25, 0.3) is 11.1 Å². The van der Waals surface area contributed by atoms with Crippen LogP contribution in [-0.4, -0.2) is 35.2 Å². The van der Waals surface area contributed by atoms with E-state index in [1.54, 1.807) is 49.4 Å². The van der Waals surface area contributed by atoms with Crippen LogP contribution in [0.4, 0.5) is 9.18 Å². The zero-order chi connectivity index (χ0) is 20.8. The fourth-order valence-corrected chi connectivity index (χ4v) is 3.40. The smallest absolute Gasteiger partial charge is 0.326 e. The maximum absolute atomic E-state index is 13.0. The second kappa shape index (κ2) is 9.38. The van der Waals surface area contributed by atoms with Crippen molar-refractivity contribution in [2.45, 2.75) is 13.5 Å². The standard InChI is InChI=1S/C21H18FNO5S/c1-2-27-19(24)12-23-20(25)18(29-21(23)26)11-15-4-3-5-17(10-15)28-13-14-6-8-16(22)9-7-14/h3-11H,2,12-13H2,1H3/b18-11+. The summed E-state index contributed by atoms with van der Waals surface area (Å²) in [5, 5.41) is -0.516. The van der Waals surface area contributed by atoms with Crippen LogP contribution >= 0.6 is 11.8 Å². The SMILES string of the molecule is CCOC(=O)CN1C(=O)S/C(=C/c2cccc(OCc3ccc(F)cc3)c2)C1=O. The highest BCUT2D eigenvalue weighted by Crippen LogP contribution is 2.32. The van der Waals surface area contributed by atoms with Crippen molar-refractivity contribution in [1.82, 2.24) is 4.90 Å². The molecule has 29 heavy (non-hydrogen) atoms. The van der Waals surface area contributed by atoms with Gasteiger partial charge in [-0.2, -0.15) is 0 Å². The molecule has 0 N–H and O–H groups in total. The van der Waals surface area contributed by atoms with E-state index in [1.807, 2.05) is 0 Å². The molecule has 2 aromatic carbocycles. The Kier molecular flexibility index (Phi) is 6.66. The fraction of sp³-hybridized carbons (Fsp3) is 0.190. The minimum Gasteiger partial charge on any atom is -0.489 e. The summed E-state index contributed by atoms with van der Waals surface area (Å²) >= 11 is 0.769. The number of halogens is 1. The van der Waals surface area contributed by atoms with Gasteiger partial charge in [-0.1, -0.05) is 24.3 Å². The number of ether oxygens (including phenoxy) is 2. The number of benzene rings is 2. The summed E-state index contributed by atoms with van der Waals surface area (Å²) in [7, 11) is 0. The van der Waals surface area contributed by atoms with Crippen LogP contribution in [0.5, 0.6) is 5.75 Å². The van der Waals surface area contributed by atoms with Gasteiger partial charge in [-0.05, 0) is 60.2 Å². The number of hydrogen-bond acceptors (Lipinski definition) is 6. The Morgan fingerprint density at radius 1 is 1.17 bits per heavy atom. The van der Waals surface area contributed by atoms with Gasteiger partial charge in [-0.15, -0.1) is 0 Å². The number of esters is 1. The van der Waals surface area contributed by atoms with Gasteiger partial charge in [0.15, 0.2) is 0 Å². The molecule has 150 valence electrons. The Morgan fingerprint density at radius 3 is 2.66 bits per heavy atom. The largest absolute Gasteiger partial charge is 0.489 e. The molecule has 0 radical (unpaired) electrons. The molecule has 8 heteroatoms. The molecule has 1 heterocycles. The van der Waals surface area contributed by atoms with Gasteiger partial charge in [0, 0.05) is 0 Å². The average molecular weight is 415 g/mol. The van der Waals surface area contributed by atoms with Crippen molar-refractivity contribution in [3.63, 3.8) is 0 Å². The lowest BCUT2D eigenvalue weighted by atomic mass is 10.2. The van der Waals surface area contributed by atoms with Gasteiger partial charge < -0.3 is 9.47 Å². The van der Waals surface area contributed by atoms with Crippen LogP contribution in [0.2, 0.25) is 0 Å². The molecule has 0 aromatic heterocycles.